The summed E-state index contributed by atoms with van der Waals surface area (Å²) in [6, 6.07) is 21.4. The van der Waals surface area contributed by atoms with Gasteiger partial charge in [-0.1, -0.05) is 61.2 Å². The van der Waals surface area contributed by atoms with Crippen LogP contribution in [0.4, 0.5) is 0 Å². The summed E-state index contributed by atoms with van der Waals surface area (Å²) in [5, 5.41) is 9.46. The van der Waals surface area contributed by atoms with Crippen molar-refractivity contribution in [3.63, 3.8) is 0 Å². The zero-order valence-corrected chi connectivity index (χ0v) is 12.6. The minimum Gasteiger partial charge on any atom is -0.478 e. The number of pyridine rings is 1. The number of carbonyl (C=O) groups is 1. The molecule has 0 aliphatic carbocycles. The highest BCUT2D eigenvalue weighted by atomic mass is 16.4. The highest BCUT2D eigenvalue weighted by Gasteiger charge is 1.92. The molecular weight excluding hydrogens is 286 g/mol. The SMILES string of the molecule is C=Cc1ccc2ccccc2n1.O=C(O)C=Cc1ccccc1. The molecule has 3 rings (SSSR count). The third-order valence-electron chi connectivity index (χ3n) is 3.05. The van der Waals surface area contributed by atoms with Crippen molar-refractivity contribution in [2.24, 2.45) is 0 Å². The quantitative estimate of drug-likeness (QED) is 0.716. The van der Waals surface area contributed by atoms with Crippen molar-refractivity contribution in [3.8, 4) is 0 Å². The van der Waals surface area contributed by atoms with Gasteiger partial charge in [-0.05, 0) is 29.8 Å². The molecule has 1 heterocycles. The van der Waals surface area contributed by atoms with Crippen LogP contribution in [0.25, 0.3) is 23.1 Å². The molecule has 0 aliphatic heterocycles. The summed E-state index contributed by atoms with van der Waals surface area (Å²) in [4.78, 5) is 14.5. The van der Waals surface area contributed by atoms with Gasteiger partial charge in [0.25, 0.3) is 0 Å². The van der Waals surface area contributed by atoms with Crippen molar-refractivity contribution in [1.29, 1.82) is 0 Å². The first-order chi connectivity index (χ1) is 11.2. The van der Waals surface area contributed by atoms with E-state index in [0.717, 1.165) is 22.9 Å². The molecule has 114 valence electrons. The third kappa shape index (κ3) is 5.25. The van der Waals surface area contributed by atoms with E-state index >= 15 is 0 Å². The molecule has 2 aromatic carbocycles. The van der Waals surface area contributed by atoms with Crippen LogP contribution in [0.5, 0.6) is 0 Å². The molecule has 0 bridgehead atoms. The third-order valence-corrected chi connectivity index (χ3v) is 3.05. The van der Waals surface area contributed by atoms with Crippen LogP contribution in [0, 0.1) is 0 Å². The van der Waals surface area contributed by atoms with E-state index in [1.54, 1.807) is 12.2 Å². The zero-order chi connectivity index (χ0) is 16.5. The van der Waals surface area contributed by atoms with Crippen LogP contribution in [0.15, 0.2) is 79.4 Å². The van der Waals surface area contributed by atoms with Crippen LogP contribution in [-0.2, 0) is 4.79 Å². The topological polar surface area (TPSA) is 50.2 Å². The number of carboxylic acid groups (broad SMARTS) is 1. The average molecular weight is 303 g/mol. The van der Waals surface area contributed by atoms with Crippen LogP contribution < -0.4 is 0 Å². The number of hydrogen-bond acceptors (Lipinski definition) is 2. The van der Waals surface area contributed by atoms with Gasteiger partial charge in [-0.25, -0.2) is 9.78 Å². The highest BCUT2D eigenvalue weighted by molar-refractivity contribution is 5.85. The van der Waals surface area contributed by atoms with Crippen molar-refractivity contribution in [2.75, 3.05) is 0 Å². The van der Waals surface area contributed by atoms with E-state index in [1.165, 1.54) is 5.39 Å². The minimum absolute atomic E-state index is 0.898. The lowest BCUT2D eigenvalue weighted by Gasteiger charge is -1.96. The molecule has 0 atom stereocenters. The van der Waals surface area contributed by atoms with Gasteiger partial charge in [0.15, 0.2) is 0 Å². The number of fused-ring (bicyclic) bond motifs is 1. The molecule has 23 heavy (non-hydrogen) atoms. The van der Waals surface area contributed by atoms with Crippen molar-refractivity contribution in [1.82, 2.24) is 4.98 Å². The van der Waals surface area contributed by atoms with Gasteiger partial charge in [-0.15, -0.1) is 0 Å². The number of para-hydroxylation sites is 1. The van der Waals surface area contributed by atoms with Crippen LogP contribution in [0.3, 0.4) is 0 Å². The number of hydrogen-bond donors (Lipinski definition) is 1. The van der Waals surface area contributed by atoms with Crippen molar-refractivity contribution < 1.29 is 9.90 Å². The van der Waals surface area contributed by atoms with Gasteiger partial charge in [0.1, 0.15) is 0 Å². The maximum absolute atomic E-state index is 10.1. The molecule has 3 heteroatoms. The average Bonchev–Trinajstić information content (AvgIpc) is 2.61. The number of nitrogens with zero attached hydrogens (tertiary/aromatic N) is 1. The van der Waals surface area contributed by atoms with E-state index < -0.39 is 5.97 Å². The van der Waals surface area contributed by atoms with Gasteiger partial charge in [-0.2, -0.15) is 0 Å². The van der Waals surface area contributed by atoms with Crippen molar-refractivity contribution in [2.45, 2.75) is 0 Å². The van der Waals surface area contributed by atoms with E-state index in [1.807, 2.05) is 54.6 Å². The van der Waals surface area contributed by atoms with Gasteiger partial charge in [0.05, 0.1) is 11.2 Å². The smallest absolute Gasteiger partial charge is 0.328 e. The fraction of sp³-hybridized carbons (Fsp3) is 0. The Morgan fingerprint density at radius 2 is 1.65 bits per heavy atom. The Kier molecular flexibility index (Phi) is 5.83. The number of carboxylic acids is 1. The number of aromatic nitrogens is 1. The van der Waals surface area contributed by atoms with Crippen molar-refractivity contribution >= 4 is 29.0 Å². The second-order valence-corrected chi connectivity index (χ2v) is 4.72. The molecule has 0 amide bonds. The van der Waals surface area contributed by atoms with Gasteiger partial charge in [0, 0.05) is 11.5 Å². The fourth-order valence-electron chi connectivity index (χ4n) is 1.93. The lowest BCUT2D eigenvalue weighted by molar-refractivity contribution is -0.131. The molecule has 1 aromatic heterocycles. The number of aliphatic carboxylic acids is 1. The second kappa shape index (κ2) is 8.29. The lowest BCUT2D eigenvalue weighted by atomic mass is 10.2. The normalized spacial score (nSPS) is 10.1. The Labute approximate surface area is 135 Å². The second-order valence-electron chi connectivity index (χ2n) is 4.72. The Bertz CT molecular complexity index is 823. The molecular formula is C20H17NO2. The summed E-state index contributed by atoms with van der Waals surface area (Å²) in [6.07, 6.45) is 4.43. The molecule has 0 fully saturated rings. The monoisotopic (exact) mass is 303 g/mol. The van der Waals surface area contributed by atoms with Gasteiger partial charge < -0.3 is 5.11 Å². The van der Waals surface area contributed by atoms with Gasteiger partial charge in [0.2, 0.25) is 0 Å². The predicted molar refractivity (Wildman–Crippen MR) is 94.9 cm³/mol. The predicted octanol–water partition coefficient (Wildman–Crippen LogP) is 4.66. The Hall–Kier alpha value is -3.20. The van der Waals surface area contributed by atoms with E-state index in [-0.39, 0.29) is 0 Å². The van der Waals surface area contributed by atoms with Crippen LogP contribution in [0.2, 0.25) is 0 Å². The Morgan fingerprint density at radius 3 is 2.35 bits per heavy atom. The first-order valence-electron chi connectivity index (χ1n) is 7.13. The minimum atomic E-state index is -0.922. The van der Waals surface area contributed by atoms with E-state index in [2.05, 4.69) is 23.7 Å². The largest absolute Gasteiger partial charge is 0.478 e. The molecule has 0 saturated heterocycles. The van der Waals surface area contributed by atoms with Gasteiger partial charge in [-0.3, -0.25) is 0 Å². The summed E-state index contributed by atoms with van der Waals surface area (Å²) in [7, 11) is 0. The lowest BCUT2D eigenvalue weighted by Crippen LogP contribution is -1.85. The maximum Gasteiger partial charge on any atom is 0.328 e. The molecule has 1 N–H and O–H groups in total. The first kappa shape index (κ1) is 16.2. The van der Waals surface area contributed by atoms with E-state index in [9.17, 15) is 4.79 Å². The van der Waals surface area contributed by atoms with E-state index in [0.29, 0.717) is 0 Å². The molecule has 0 saturated carbocycles. The van der Waals surface area contributed by atoms with Crippen LogP contribution in [0.1, 0.15) is 11.3 Å². The van der Waals surface area contributed by atoms with E-state index in [4.69, 9.17) is 5.11 Å². The van der Waals surface area contributed by atoms with Crippen molar-refractivity contribution in [3.05, 3.63) is 90.6 Å². The molecule has 0 aliphatic rings. The zero-order valence-electron chi connectivity index (χ0n) is 12.6. The number of benzene rings is 2. The summed E-state index contributed by atoms with van der Waals surface area (Å²) < 4.78 is 0. The summed E-state index contributed by atoms with van der Waals surface area (Å²) in [5.41, 5.74) is 2.85. The molecule has 0 radical (unpaired) electrons. The van der Waals surface area contributed by atoms with Gasteiger partial charge >= 0.3 is 5.97 Å². The fourth-order valence-corrected chi connectivity index (χ4v) is 1.93. The Balaban J connectivity index is 0.000000168. The summed E-state index contributed by atoms with van der Waals surface area (Å²) in [6.45, 7) is 3.68. The van der Waals surface area contributed by atoms with Crippen LogP contribution >= 0.6 is 0 Å². The standard InChI is InChI=1S/C11H9N.C9H8O2/c1-2-10-8-7-9-5-3-4-6-11(9)12-10;10-9(11)7-6-8-4-2-1-3-5-8/h2-8H,1H2;1-7H,(H,10,11). The highest BCUT2D eigenvalue weighted by Crippen LogP contribution is 2.11. The van der Waals surface area contributed by atoms with Crippen LogP contribution in [-0.4, -0.2) is 16.1 Å². The first-order valence-corrected chi connectivity index (χ1v) is 7.13. The maximum atomic E-state index is 10.1. The number of rotatable bonds is 3. The summed E-state index contributed by atoms with van der Waals surface area (Å²) in [5.74, 6) is -0.922. The Morgan fingerprint density at radius 1 is 0.957 bits per heavy atom. The molecule has 3 nitrogen and oxygen atoms in total. The molecule has 0 unspecified atom stereocenters. The summed E-state index contributed by atoms with van der Waals surface area (Å²) >= 11 is 0. The molecule has 0 spiro atoms. The molecule has 3 aromatic rings.